The lowest BCUT2D eigenvalue weighted by Crippen LogP contribution is -2.45. The van der Waals surface area contributed by atoms with Gasteiger partial charge in [0.15, 0.2) is 0 Å². The van der Waals surface area contributed by atoms with Crippen LogP contribution in [0.4, 0.5) is 19.3 Å². The molecule has 10 heteroatoms. The highest BCUT2D eigenvalue weighted by atomic mass is 35.5. The van der Waals surface area contributed by atoms with Crippen LogP contribution in [0.5, 0.6) is 0 Å². The lowest BCUT2D eigenvalue weighted by Gasteiger charge is -2.18. The van der Waals surface area contributed by atoms with Crippen molar-refractivity contribution in [2.24, 2.45) is 0 Å². The number of rotatable bonds is 7. The fourth-order valence-corrected chi connectivity index (χ4v) is 4.23. The van der Waals surface area contributed by atoms with Gasteiger partial charge in [-0.1, -0.05) is 66.2 Å². The molecular formula is C25H19ClF2N2O5. The molecule has 0 fully saturated rings. The summed E-state index contributed by atoms with van der Waals surface area (Å²) in [6, 6.07) is 19.0. The fraction of sp³-hybridized carbons (Fsp3) is 0.160. The summed E-state index contributed by atoms with van der Waals surface area (Å²) in [5.74, 6) is -7.61. The van der Waals surface area contributed by atoms with E-state index in [0.717, 1.165) is 28.3 Å². The van der Waals surface area contributed by atoms with E-state index in [0.29, 0.717) is 0 Å². The smallest absolute Gasteiger partial charge is 0.407 e. The maximum atomic E-state index is 14.4. The monoisotopic (exact) mass is 500 g/mol. The van der Waals surface area contributed by atoms with E-state index in [9.17, 15) is 28.3 Å². The third-order valence-electron chi connectivity index (χ3n) is 5.61. The Morgan fingerprint density at radius 1 is 0.943 bits per heavy atom. The number of aromatic carboxylic acids is 1. The summed E-state index contributed by atoms with van der Waals surface area (Å²) in [5.41, 5.74) is 3.03. The van der Waals surface area contributed by atoms with Gasteiger partial charge >= 0.3 is 18.0 Å². The Bertz CT molecular complexity index is 1270. The highest BCUT2D eigenvalue weighted by molar-refractivity contribution is 6.34. The van der Waals surface area contributed by atoms with Crippen LogP contribution in [0.3, 0.4) is 0 Å². The number of amides is 2. The number of hydrogen-bond donors (Lipinski definition) is 3. The van der Waals surface area contributed by atoms with Crippen molar-refractivity contribution in [3.05, 3.63) is 88.4 Å². The van der Waals surface area contributed by atoms with Crippen molar-refractivity contribution in [2.75, 3.05) is 18.5 Å². The first-order chi connectivity index (χ1) is 16.7. The summed E-state index contributed by atoms with van der Waals surface area (Å²) in [7, 11) is 0. The second kappa shape index (κ2) is 9.71. The van der Waals surface area contributed by atoms with E-state index in [1.54, 1.807) is 0 Å². The van der Waals surface area contributed by atoms with Gasteiger partial charge in [-0.05, 0) is 34.4 Å². The standard InChI is InChI=1S/C25H19ClF2N2O5/c26-19-10-5-11-20(21(19)22(31)32)30-23(33)25(27,28)13-29-24(34)35-12-18-16-8-3-1-6-14(16)15-7-2-4-9-17(15)18/h1-11,18H,12-13H2,(H,29,34)(H,30,33)(H,31,32). The van der Waals surface area contributed by atoms with Gasteiger partial charge in [-0.3, -0.25) is 4.79 Å². The number of anilines is 1. The number of carboxylic acid groups (broad SMARTS) is 1. The van der Waals surface area contributed by atoms with Crippen LogP contribution in [0, 0.1) is 0 Å². The minimum Gasteiger partial charge on any atom is -0.478 e. The van der Waals surface area contributed by atoms with Gasteiger partial charge in [0.2, 0.25) is 0 Å². The average molecular weight is 501 g/mol. The predicted octanol–water partition coefficient (Wildman–Crippen LogP) is 5.15. The minimum absolute atomic E-state index is 0.0812. The maximum absolute atomic E-state index is 14.4. The number of halogens is 3. The van der Waals surface area contributed by atoms with Crippen molar-refractivity contribution in [3.63, 3.8) is 0 Å². The molecule has 0 unspecified atom stereocenters. The Labute approximate surface area is 203 Å². The zero-order valence-electron chi connectivity index (χ0n) is 18.1. The average Bonchev–Trinajstić information content (AvgIpc) is 3.15. The molecule has 35 heavy (non-hydrogen) atoms. The third kappa shape index (κ3) is 4.95. The highest BCUT2D eigenvalue weighted by Crippen LogP contribution is 2.44. The molecule has 2 amide bonds. The Hall–Kier alpha value is -3.98. The molecule has 0 radical (unpaired) electrons. The van der Waals surface area contributed by atoms with Crippen molar-refractivity contribution < 1.29 is 33.0 Å². The number of fused-ring (bicyclic) bond motifs is 3. The number of alkyl carbamates (subject to hydrolysis) is 1. The van der Waals surface area contributed by atoms with E-state index in [4.69, 9.17) is 16.3 Å². The number of alkyl halides is 2. The summed E-state index contributed by atoms with van der Waals surface area (Å²) >= 11 is 5.78. The number of benzene rings is 3. The molecular weight excluding hydrogens is 482 g/mol. The number of nitrogens with one attached hydrogen (secondary N) is 2. The fourth-order valence-electron chi connectivity index (χ4n) is 3.97. The molecule has 0 heterocycles. The van der Waals surface area contributed by atoms with Crippen LogP contribution in [-0.4, -0.2) is 42.2 Å². The molecule has 0 atom stereocenters. The molecule has 4 rings (SSSR count). The van der Waals surface area contributed by atoms with Gasteiger partial charge in [0.1, 0.15) is 12.2 Å². The number of carbonyl (C=O) groups excluding carboxylic acids is 2. The Kier molecular flexibility index (Phi) is 6.70. The van der Waals surface area contributed by atoms with E-state index in [1.165, 1.54) is 12.1 Å². The summed E-state index contributed by atoms with van der Waals surface area (Å²) in [4.78, 5) is 35.6. The molecule has 0 saturated carbocycles. The predicted molar refractivity (Wildman–Crippen MR) is 125 cm³/mol. The van der Waals surface area contributed by atoms with Gasteiger partial charge in [0.05, 0.1) is 17.3 Å². The second-order valence-corrected chi connectivity index (χ2v) is 8.21. The Morgan fingerprint density at radius 2 is 1.54 bits per heavy atom. The molecule has 3 N–H and O–H groups in total. The molecule has 3 aromatic rings. The molecule has 180 valence electrons. The topological polar surface area (TPSA) is 105 Å². The Morgan fingerprint density at radius 3 is 2.14 bits per heavy atom. The normalized spacial score (nSPS) is 12.4. The number of hydrogen-bond acceptors (Lipinski definition) is 4. The van der Waals surface area contributed by atoms with Gasteiger partial charge in [-0.15, -0.1) is 0 Å². The van der Waals surface area contributed by atoms with Crippen LogP contribution in [0.2, 0.25) is 5.02 Å². The largest absolute Gasteiger partial charge is 0.478 e. The number of ether oxygens (including phenoxy) is 1. The highest BCUT2D eigenvalue weighted by Gasteiger charge is 2.40. The lowest BCUT2D eigenvalue weighted by molar-refractivity contribution is -0.138. The number of carboxylic acids is 1. The zero-order chi connectivity index (χ0) is 25.2. The van der Waals surface area contributed by atoms with Crippen LogP contribution in [0.25, 0.3) is 11.1 Å². The number of carbonyl (C=O) groups is 3. The quantitative estimate of drug-likeness (QED) is 0.416. The van der Waals surface area contributed by atoms with Crippen LogP contribution >= 0.6 is 11.6 Å². The SMILES string of the molecule is O=C(NCC(F)(F)C(=O)Nc1cccc(Cl)c1C(=O)O)OCC1c2ccccc2-c2ccccc21. The molecule has 7 nitrogen and oxygen atoms in total. The molecule has 3 aromatic carbocycles. The Balaban J connectivity index is 1.36. The molecule has 0 saturated heterocycles. The van der Waals surface area contributed by atoms with E-state index in [-0.39, 0.29) is 17.5 Å². The van der Waals surface area contributed by atoms with Crippen molar-refractivity contribution in [1.82, 2.24) is 5.32 Å². The van der Waals surface area contributed by atoms with Crippen LogP contribution in [0.1, 0.15) is 27.4 Å². The van der Waals surface area contributed by atoms with Gasteiger partial charge < -0.3 is 20.5 Å². The van der Waals surface area contributed by atoms with E-state index in [2.05, 4.69) is 0 Å². The second-order valence-electron chi connectivity index (χ2n) is 7.81. The molecule has 0 aromatic heterocycles. The van der Waals surface area contributed by atoms with Gasteiger partial charge in [0, 0.05) is 5.92 Å². The van der Waals surface area contributed by atoms with E-state index >= 15 is 0 Å². The van der Waals surface area contributed by atoms with Crippen LogP contribution < -0.4 is 10.6 Å². The lowest BCUT2D eigenvalue weighted by atomic mass is 9.98. The molecule has 0 aliphatic heterocycles. The molecule has 1 aliphatic carbocycles. The minimum atomic E-state index is -4.05. The van der Waals surface area contributed by atoms with Crippen LogP contribution in [0.15, 0.2) is 66.7 Å². The summed E-state index contributed by atoms with van der Waals surface area (Å²) in [5, 5.41) is 12.7. The van der Waals surface area contributed by atoms with Gasteiger partial charge in [-0.25, -0.2) is 9.59 Å². The molecule has 0 spiro atoms. The zero-order valence-corrected chi connectivity index (χ0v) is 18.8. The third-order valence-corrected chi connectivity index (χ3v) is 5.92. The summed E-state index contributed by atoms with van der Waals surface area (Å²) in [6.07, 6.45) is -1.12. The van der Waals surface area contributed by atoms with Gasteiger partial charge in [-0.2, -0.15) is 8.78 Å². The molecule has 1 aliphatic rings. The molecule has 0 bridgehead atoms. The first-order valence-corrected chi connectivity index (χ1v) is 10.9. The van der Waals surface area contributed by atoms with Crippen molar-refractivity contribution in [1.29, 1.82) is 0 Å². The summed E-state index contributed by atoms with van der Waals surface area (Å²) in [6.45, 7) is -1.43. The van der Waals surface area contributed by atoms with Crippen molar-refractivity contribution >= 4 is 35.3 Å². The van der Waals surface area contributed by atoms with Crippen molar-refractivity contribution in [3.8, 4) is 11.1 Å². The summed E-state index contributed by atoms with van der Waals surface area (Å²) < 4.78 is 33.9. The van der Waals surface area contributed by atoms with E-state index < -0.39 is 41.7 Å². The van der Waals surface area contributed by atoms with E-state index in [1.807, 2.05) is 59.2 Å². The van der Waals surface area contributed by atoms with Crippen LogP contribution in [-0.2, 0) is 9.53 Å². The maximum Gasteiger partial charge on any atom is 0.407 e. The van der Waals surface area contributed by atoms with Crippen molar-refractivity contribution in [2.45, 2.75) is 11.8 Å². The first-order valence-electron chi connectivity index (χ1n) is 10.5. The first kappa shape index (κ1) is 24.2. The van der Waals surface area contributed by atoms with Gasteiger partial charge in [0.25, 0.3) is 5.91 Å².